The van der Waals surface area contributed by atoms with Gasteiger partial charge < -0.3 is 9.80 Å². The highest BCUT2D eigenvalue weighted by molar-refractivity contribution is 5.97. The lowest BCUT2D eigenvalue weighted by atomic mass is 9.96. The van der Waals surface area contributed by atoms with Crippen molar-refractivity contribution in [2.45, 2.75) is 19.4 Å². The van der Waals surface area contributed by atoms with E-state index >= 15 is 0 Å². The summed E-state index contributed by atoms with van der Waals surface area (Å²) in [6.07, 6.45) is 3.83. The Hall–Kier alpha value is -2.83. The van der Waals surface area contributed by atoms with Gasteiger partial charge in [-0.05, 0) is 57.6 Å². The molecule has 0 radical (unpaired) electrons. The molecule has 0 aliphatic carbocycles. The molecular weight excluding hydrogens is 415 g/mol. The van der Waals surface area contributed by atoms with Crippen LogP contribution in [0, 0.1) is 11.7 Å². The lowest BCUT2D eigenvalue weighted by Gasteiger charge is -2.36. The Balaban J connectivity index is 1.46. The van der Waals surface area contributed by atoms with Crippen molar-refractivity contribution in [3.8, 4) is 0 Å². The van der Waals surface area contributed by atoms with Crippen LogP contribution in [-0.4, -0.2) is 72.4 Å². The second kappa shape index (κ2) is 10.9. The molecule has 1 saturated heterocycles. The summed E-state index contributed by atoms with van der Waals surface area (Å²) in [5.74, 6) is 0.248. The number of aromatic nitrogens is 1. The van der Waals surface area contributed by atoms with E-state index in [1.807, 2.05) is 61.5 Å². The fraction of sp³-hybridized carbons (Fsp3) is 0.407. The maximum absolute atomic E-state index is 14.1. The van der Waals surface area contributed by atoms with Gasteiger partial charge in [-0.25, -0.2) is 4.39 Å². The van der Waals surface area contributed by atoms with Gasteiger partial charge in [0, 0.05) is 49.9 Å². The van der Waals surface area contributed by atoms with Gasteiger partial charge in [0.1, 0.15) is 5.82 Å². The summed E-state index contributed by atoms with van der Waals surface area (Å²) in [5.41, 5.74) is 2.26. The third kappa shape index (κ3) is 6.15. The number of rotatable bonds is 8. The zero-order chi connectivity index (χ0) is 23.2. The van der Waals surface area contributed by atoms with Crippen molar-refractivity contribution in [2.24, 2.45) is 5.92 Å². The molecule has 0 N–H and O–H groups in total. The Kier molecular flexibility index (Phi) is 7.68. The highest BCUT2D eigenvalue weighted by Crippen LogP contribution is 2.22. The Bertz CT molecular complexity index is 1090. The molecule has 6 heteroatoms. The van der Waals surface area contributed by atoms with Crippen LogP contribution in [0.2, 0.25) is 0 Å². The van der Waals surface area contributed by atoms with Crippen LogP contribution in [0.4, 0.5) is 4.39 Å². The van der Waals surface area contributed by atoms with Crippen LogP contribution >= 0.6 is 0 Å². The maximum atomic E-state index is 14.1. The fourth-order valence-electron chi connectivity index (χ4n) is 4.59. The summed E-state index contributed by atoms with van der Waals surface area (Å²) in [7, 11) is 4.05. The van der Waals surface area contributed by atoms with Gasteiger partial charge in [-0.3, -0.25) is 14.7 Å². The van der Waals surface area contributed by atoms with E-state index < -0.39 is 0 Å². The molecule has 5 nitrogen and oxygen atoms in total. The third-order valence-corrected chi connectivity index (χ3v) is 6.38. The topological polar surface area (TPSA) is 39.7 Å². The Morgan fingerprint density at radius 1 is 1.12 bits per heavy atom. The monoisotopic (exact) mass is 448 g/mol. The quantitative estimate of drug-likeness (QED) is 0.515. The molecule has 1 aliphatic heterocycles. The van der Waals surface area contributed by atoms with Gasteiger partial charge in [0.15, 0.2) is 0 Å². The summed E-state index contributed by atoms with van der Waals surface area (Å²) in [6, 6.07) is 16.8. The molecule has 4 rings (SSSR count). The summed E-state index contributed by atoms with van der Waals surface area (Å²) in [4.78, 5) is 24.4. The predicted octanol–water partition coefficient (Wildman–Crippen LogP) is 4.29. The number of likely N-dealkylation sites (N-methyl/N-ethyl adjacent to an activating group) is 1. The minimum atomic E-state index is -0.147. The predicted molar refractivity (Wildman–Crippen MR) is 131 cm³/mol. The molecule has 1 fully saturated rings. The van der Waals surface area contributed by atoms with Crippen LogP contribution < -0.4 is 0 Å². The first kappa shape index (κ1) is 23.3. The molecule has 1 amide bonds. The molecular formula is C27H33FN4O. The minimum absolute atomic E-state index is 0.0290. The van der Waals surface area contributed by atoms with Crippen molar-refractivity contribution in [3.05, 3.63) is 77.7 Å². The molecule has 0 spiro atoms. The first-order chi connectivity index (χ1) is 16.0. The number of carbonyl (C=O) groups excluding carboxylic acids is 1. The summed E-state index contributed by atoms with van der Waals surface area (Å²) in [5, 5.41) is 0.977. The third-order valence-electron chi connectivity index (χ3n) is 6.38. The van der Waals surface area contributed by atoms with Gasteiger partial charge in [-0.2, -0.15) is 0 Å². The van der Waals surface area contributed by atoms with E-state index in [1.165, 1.54) is 6.07 Å². The zero-order valence-corrected chi connectivity index (χ0v) is 19.6. The zero-order valence-electron chi connectivity index (χ0n) is 19.6. The molecule has 1 aromatic heterocycles. The van der Waals surface area contributed by atoms with Crippen LogP contribution in [-0.2, 0) is 6.54 Å². The highest BCUT2D eigenvalue weighted by Gasteiger charge is 2.26. The van der Waals surface area contributed by atoms with E-state index in [1.54, 1.807) is 12.3 Å². The van der Waals surface area contributed by atoms with Gasteiger partial charge in [-0.15, -0.1) is 0 Å². The number of hydrogen-bond donors (Lipinski definition) is 0. The van der Waals surface area contributed by atoms with Crippen molar-refractivity contribution in [2.75, 3.05) is 46.8 Å². The number of fused-ring (bicyclic) bond motifs is 1. The van der Waals surface area contributed by atoms with Crippen LogP contribution in [0.3, 0.4) is 0 Å². The van der Waals surface area contributed by atoms with Crippen LogP contribution in [0.5, 0.6) is 0 Å². The van der Waals surface area contributed by atoms with Crippen LogP contribution in [0.25, 0.3) is 10.9 Å². The normalized spacial score (nSPS) is 16.9. The molecule has 0 unspecified atom stereocenters. The molecule has 0 saturated carbocycles. The summed E-state index contributed by atoms with van der Waals surface area (Å²) in [6.45, 7) is 4.62. The molecule has 3 aromatic rings. The van der Waals surface area contributed by atoms with Gasteiger partial charge in [0.25, 0.3) is 5.91 Å². The molecule has 1 atom stereocenters. The number of halogens is 1. The number of carbonyl (C=O) groups is 1. The first-order valence-electron chi connectivity index (χ1n) is 11.7. The van der Waals surface area contributed by atoms with Gasteiger partial charge in [-0.1, -0.05) is 36.4 Å². The lowest BCUT2D eigenvalue weighted by Crippen LogP contribution is -2.44. The van der Waals surface area contributed by atoms with E-state index in [0.29, 0.717) is 31.1 Å². The minimum Gasteiger partial charge on any atom is -0.337 e. The van der Waals surface area contributed by atoms with Crippen molar-refractivity contribution in [1.29, 1.82) is 0 Å². The number of likely N-dealkylation sites (tertiary alicyclic amines) is 1. The molecule has 1 aliphatic rings. The first-order valence-corrected chi connectivity index (χ1v) is 11.7. The van der Waals surface area contributed by atoms with Gasteiger partial charge in [0.2, 0.25) is 0 Å². The number of hydrogen-bond acceptors (Lipinski definition) is 4. The summed E-state index contributed by atoms with van der Waals surface area (Å²) < 4.78 is 14.1. The smallest absolute Gasteiger partial charge is 0.255 e. The molecule has 2 aromatic carbocycles. The second-order valence-electron chi connectivity index (χ2n) is 9.31. The van der Waals surface area contributed by atoms with Crippen molar-refractivity contribution < 1.29 is 9.18 Å². The summed E-state index contributed by atoms with van der Waals surface area (Å²) >= 11 is 0. The largest absolute Gasteiger partial charge is 0.337 e. The number of piperidine rings is 1. The van der Waals surface area contributed by atoms with Crippen molar-refractivity contribution in [1.82, 2.24) is 19.7 Å². The number of para-hydroxylation sites is 1. The number of benzene rings is 2. The average Bonchev–Trinajstić information content (AvgIpc) is 2.82. The maximum Gasteiger partial charge on any atom is 0.255 e. The van der Waals surface area contributed by atoms with Crippen LogP contribution in [0.1, 0.15) is 28.8 Å². The second-order valence-corrected chi connectivity index (χ2v) is 9.31. The fourth-order valence-corrected chi connectivity index (χ4v) is 4.59. The van der Waals surface area contributed by atoms with Crippen LogP contribution in [0.15, 0.2) is 60.8 Å². The lowest BCUT2D eigenvalue weighted by molar-refractivity contribution is 0.0660. The van der Waals surface area contributed by atoms with E-state index in [2.05, 4.69) is 14.8 Å². The number of amides is 1. The Labute approximate surface area is 195 Å². The molecule has 2 heterocycles. The number of nitrogens with zero attached hydrogens (tertiary/aromatic N) is 4. The van der Waals surface area contributed by atoms with Crippen molar-refractivity contribution in [3.63, 3.8) is 0 Å². The standard InChI is InChI=1S/C27H33FN4O/c1-30(2)14-15-32(27(33)24-16-22-9-4-6-12-26(22)29-17-24)19-21-8-7-13-31(18-21)20-23-10-3-5-11-25(23)28/h3-6,9-12,16-17,21H,7-8,13-15,18-20H2,1-2H3/t21-/m1/s1. The van der Waals surface area contributed by atoms with Gasteiger partial charge >= 0.3 is 0 Å². The average molecular weight is 449 g/mol. The highest BCUT2D eigenvalue weighted by atomic mass is 19.1. The Morgan fingerprint density at radius 2 is 1.91 bits per heavy atom. The van der Waals surface area contributed by atoms with Crippen molar-refractivity contribution >= 4 is 16.8 Å². The number of pyridine rings is 1. The Morgan fingerprint density at radius 3 is 2.73 bits per heavy atom. The molecule has 174 valence electrons. The van der Waals surface area contributed by atoms with E-state index in [-0.39, 0.29) is 11.7 Å². The SMILES string of the molecule is CN(C)CCN(C[C@@H]1CCCN(Cc2ccccc2F)C1)C(=O)c1cnc2ccccc2c1. The van der Waals surface area contributed by atoms with E-state index in [0.717, 1.165) is 48.9 Å². The van der Waals surface area contributed by atoms with E-state index in [9.17, 15) is 9.18 Å². The van der Waals surface area contributed by atoms with E-state index in [4.69, 9.17) is 0 Å². The molecule has 33 heavy (non-hydrogen) atoms. The van der Waals surface area contributed by atoms with Gasteiger partial charge in [0.05, 0.1) is 11.1 Å². The molecule has 0 bridgehead atoms.